The van der Waals surface area contributed by atoms with Crippen LogP contribution in [0.5, 0.6) is 0 Å². The summed E-state index contributed by atoms with van der Waals surface area (Å²) in [6, 6.07) is 10.3. The molecule has 2 heterocycles. The van der Waals surface area contributed by atoms with Crippen molar-refractivity contribution in [2.24, 2.45) is 5.73 Å². The first-order valence-electron chi connectivity index (χ1n) is 5.91. The van der Waals surface area contributed by atoms with Crippen molar-refractivity contribution < 1.29 is 0 Å². The molecule has 4 heteroatoms. The minimum absolute atomic E-state index is 0. The van der Waals surface area contributed by atoms with Gasteiger partial charge in [0.15, 0.2) is 0 Å². The molecule has 2 aromatic heterocycles. The van der Waals surface area contributed by atoms with E-state index in [9.17, 15) is 0 Å². The lowest BCUT2D eigenvalue weighted by molar-refractivity contribution is 0.522. The van der Waals surface area contributed by atoms with Gasteiger partial charge in [0, 0.05) is 23.2 Å². The van der Waals surface area contributed by atoms with E-state index in [-0.39, 0.29) is 18.6 Å². The normalized spacial score (nSPS) is 12.6. The van der Waals surface area contributed by atoms with Gasteiger partial charge < -0.3 is 10.3 Å². The fourth-order valence-electron chi connectivity index (χ4n) is 2.28. The Morgan fingerprint density at radius 2 is 2.11 bits per heavy atom. The van der Waals surface area contributed by atoms with Gasteiger partial charge in [-0.1, -0.05) is 13.0 Å². The highest BCUT2D eigenvalue weighted by molar-refractivity contribution is 6.04. The van der Waals surface area contributed by atoms with Crippen LogP contribution < -0.4 is 5.73 Å². The van der Waals surface area contributed by atoms with Gasteiger partial charge in [0.05, 0.1) is 17.2 Å². The van der Waals surface area contributed by atoms with Gasteiger partial charge in [0.1, 0.15) is 0 Å². The van der Waals surface area contributed by atoms with Crippen LogP contribution in [-0.4, -0.2) is 9.55 Å². The number of hydrogen-bond acceptors (Lipinski definition) is 2. The molecule has 3 nitrogen and oxygen atoms in total. The second-order valence-electron chi connectivity index (χ2n) is 4.27. The molecule has 0 spiro atoms. The Balaban J connectivity index is 0.00000120. The van der Waals surface area contributed by atoms with Crippen molar-refractivity contribution in [1.29, 1.82) is 0 Å². The van der Waals surface area contributed by atoms with Gasteiger partial charge in [-0.3, -0.25) is 4.98 Å². The lowest BCUT2D eigenvalue weighted by Gasteiger charge is -2.13. The molecule has 1 atom stereocenters. The van der Waals surface area contributed by atoms with E-state index >= 15 is 0 Å². The number of aromatic nitrogens is 2. The summed E-state index contributed by atoms with van der Waals surface area (Å²) >= 11 is 0. The smallest absolute Gasteiger partial charge is 0.0812 e. The van der Waals surface area contributed by atoms with Crippen molar-refractivity contribution >= 4 is 34.2 Å². The van der Waals surface area contributed by atoms with Gasteiger partial charge in [-0.05, 0) is 30.7 Å². The fraction of sp³-hybridized carbons (Fsp3) is 0.214. The van der Waals surface area contributed by atoms with Crippen molar-refractivity contribution in [2.45, 2.75) is 19.5 Å². The van der Waals surface area contributed by atoms with E-state index in [4.69, 9.17) is 5.73 Å². The van der Waals surface area contributed by atoms with Crippen LogP contribution >= 0.6 is 12.4 Å². The third kappa shape index (κ3) is 1.85. The molecule has 0 unspecified atom stereocenters. The van der Waals surface area contributed by atoms with Crippen molar-refractivity contribution in [3.8, 4) is 0 Å². The Morgan fingerprint density at radius 1 is 1.28 bits per heavy atom. The minimum atomic E-state index is 0. The fourth-order valence-corrected chi connectivity index (χ4v) is 2.28. The average Bonchev–Trinajstić information content (AvgIpc) is 2.82. The summed E-state index contributed by atoms with van der Waals surface area (Å²) in [7, 11) is 0. The van der Waals surface area contributed by atoms with E-state index in [0.29, 0.717) is 0 Å². The first-order valence-corrected chi connectivity index (χ1v) is 5.91. The predicted molar refractivity (Wildman–Crippen MR) is 78.0 cm³/mol. The van der Waals surface area contributed by atoms with Gasteiger partial charge in [0.25, 0.3) is 0 Å². The zero-order chi connectivity index (χ0) is 11.8. The lowest BCUT2D eigenvalue weighted by Crippen LogP contribution is -2.16. The van der Waals surface area contributed by atoms with Crippen LogP contribution in [0.3, 0.4) is 0 Å². The maximum absolute atomic E-state index is 6.14. The van der Waals surface area contributed by atoms with E-state index in [1.165, 1.54) is 16.3 Å². The van der Waals surface area contributed by atoms with Crippen molar-refractivity contribution in [3.63, 3.8) is 0 Å². The molecule has 0 aliphatic carbocycles. The van der Waals surface area contributed by atoms with Gasteiger partial charge in [0.2, 0.25) is 0 Å². The molecule has 0 bridgehead atoms. The first-order chi connectivity index (χ1) is 8.31. The minimum Gasteiger partial charge on any atom is -0.331 e. The summed E-state index contributed by atoms with van der Waals surface area (Å²) in [4.78, 5) is 4.38. The Morgan fingerprint density at radius 3 is 2.89 bits per heavy atom. The van der Waals surface area contributed by atoms with E-state index in [1.807, 2.05) is 12.3 Å². The van der Waals surface area contributed by atoms with Gasteiger partial charge in [-0.15, -0.1) is 12.4 Å². The zero-order valence-corrected chi connectivity index (χ0v) is 11.0. The summed E-state index contributed by atoms with van der Waals surface area (Å²) in [5.41, 5.74) is 8.34. The standard InChI is InChI=1S/C14H15N3.ClH/c1-2-13(15)17-9-7-10-5-6-12-11(14(10)17)4-3-8-16-12;/h3-9,13H,2,15H2,1H3;1H/t13-;/m0./s1. The molecule has 0 amide bonds. The monoisotopic (exact) mass is 261 g/mol. The second-order valence-corrected chi connectivity index (χ2v) is 4.27. The number of nitrogens with zero attached hydrogens (tertiary/aromatic N) is 2. The molecule has 94 valence electrons. The Hall–Kier alpha value is -1.58. The summed E-state index contributed by atoms with van der Waals surface area (Å²) in [6.07, 6.45) is 4.82. The second kappa shape index (κ2) is 4.96. The highest BCUT2D eigenvalue weighted by Gasteiger charge is 2.09. The summed E-state index contributed by atoms with van der Waals surface area (Å²) in [5.74, 6) is 0. The van der Waals surface area contributed by atoms with Crippen LogP contribution in [-0.2, 0) is 0 Å². The summed E-state index contributed by atoms with van der Waals surface area (Å²) < 4.78 is 2.14. The molecule has 0 fully saturated rings. The van der Waals surface area contributed by atoms with Crippen molar-refractivity contribution in [3.05, 3.63) is 42.7 Å². The third-order valence-corrected chi connectivity index (χ3v) is 3.24. The van der Waals surface area contributed by atoms with E-state index in [2.05, 4.69) is 46.9 Å². The molecule has 0 saturated heterocycles. The van der Waals surface area contributed by atoms with Gasteiger partial charge in [-0.25, -0.2) is 0 Å². The number of benzene rings is 1. The number of rotatable bonds is 2. The maximum atomic E-state index is 6.14. The maximum Gasteiger partial charge on any atom is 0.0812 e. The van der Waals surface area contributed by atoms with Gasteiger partial charge >= 0.3 is 0 Å². The summed E-state index contributed by atoms with van der Waals surface area (Å²) in [5, 5.41) is 2.38. The Kier molecular flexibility index (Phi) is 3.55. The lowest BCUT2D eigenvalue weighted by atomic mass is 10.1. The van der Waals surface area contributed by atoms with E-state index < -0.39 is 0 Å². The highest BCUT2D eigenvalue weighted by Crippen LogP contribution is 2.27. The Bertz CT molecular complexity index is 675. The molecule has 0 aliphatic rings. The molecule has 0 saturated carbocycles. The molecular weight excluding hydrogens is 246 g/mol. The molecule has 1 aromatic carbocycles. The van der Waals surface area contributed by atoms with E-state index in [1.54, 1.807) is 0 Å². The van der Waals surface area contributed by atoms with Crippen LogP contribution in [0.15, 0.2) is 42.7 Å². The molecule has 0 aliphatic heterocycles. The number of hydrogen-bond donors (Lipinski definition) is 1. The van der Waals surface area contributed by atoms with Crippen LogP contribution in [0.2, 0.25) is 0 Å². The van der Waals surface area contributed by atoms with Crippen molar-refractivity contribution in [2.75, 3.05) is 0 Å². The van der Waals surface area contributed by atoms with E-state index in [0.717, 1.165) is 11.9 Å². The van der Waals surface area contributed by atoms with Crippen LogP contribution in [0.4, 0.5) is 0 Å². The topological polar surface area (TPSA) is 43.8 Å². The molecule has 0 radical (unpaired) electrons. The average molecular weight is 262 g/mol. The number of fused-ring (bicyclic) bond motifs is 3. The number of halogens is 1. The molecule has 3 aromatic rings. The van der Waals surface area contributed by atoms with Gasteiger partial charge in [-0.2, -0.15) is 0 Å². The van der Waals surface area contributed by atoms with Crippen molar-refractivity contribution in [1.82, 2.24) is 9.55 Å². The highest BCUT2D eigenvalue weighted by atomic mass is 35.5. The zero-order valence-electron chi connectivity index (χ0n) is 10.2. The van der Waals surface area contributed by atoms with Crippen LogP contribution in [0.25, 0.3) is 21.8 Å². The quantitative estimate of drug-likeness (QED) is 0.768. The summed E-state index contributed by atoms with van der Waals surface area (Å²) in [6.45, 7) is 2.10. The molecular formula is C14H16ClN3. The van der Waals surface area contributed by atoms with Crippen LogP contribution in [0.1, 0.15) is 19.5 Å². The molecule has 18 heavy (non-hydrogen) atoms. The largest absolute Gasteiger partial charge is 0.331 e. The number of nitrogens with two attached hydrogens (primary N) is 1. The third-order valence-electron chi connectivity index (χ3n) is 3.24. The molecule has 3 rings (SSSR count). The Labute approximate surface area is 112 Å². The van der Waals surface area contributed by atoms with Crippen LogP contribution in [0, 0.1) is 0 Å². The molecule has 2 N–H and O–H groups in total. The number of pyridine rings is 1. The predicted octanol–water partition coefficient (Wildman–Crippen LogP) is 3.48. The first kappa shape index (κ1) is 12.9. The SMILES string of the molecule is CC[C@@H](N)n1ccc2ccc3ncccc3c21.Cl.